The van der Waals surface area contributed by atoms with E-state index in [1.807, 2.05) is 11.8 Å². The van der Waals surface area contributed by atoms with Crippen molar-refractivity contribution in [1.29, 1.82) is 0 Å². The van der Waals surface area contributed by atoms with Crippen LogP contribution in [0.3, 0.4) is 0 Å². The van der Waals surface area contributed by atoms with E-state index in [0.29, 0.717) is 12.0 Å². The van der Waals surface area contributed by atoms with Gasteiger partial charge >= 0.3 is 0 Å². The van der Waals surface area contributed by atoms with Gasteiger partial charge in [0.25, 0.3) is 0 Å². The van der Waals surface area contributed by atoms with Crippen LogP contribution in [-0.4, -0.2) is 23.5 Å². The first-order valence-corrected chi connectivity index (χ1v) is 6.14. The fraction of sp³-hybridized carbons (Fsp3) is 0.900. The monoisotopic (exact) mass is 200 g/mol. The van der Waals surface area contributed by atoms with Gasteiger partial charge in [-0.1, -0.05) is 32.0 Å². The van der Waals surface area contributed by atoms with Gasteiger partial charge in [-0.25, -0.2) is 0 Å². The Morgan fingerprint density at radius 2 is 2.46 bits per heavy atom. The number of rotatable bonds is 3. The zero-order chi connectivity index (χ0) is 9.68. The second-order valence-electron chi connectivity index (χ2n) is 3.84. The van der Waals surface area contributed by atoms with E-state index in [-0.39, 0.29) is 0 Å². The molecule has 1 aliphatic heterocycles. The van der Waals surface area contributed by atoms with Crippen molar-refractivity contribution in [3.8, 4) is 0 Å². The maximum atomic E-state index is 4.57. The molecular formula is C10H20N2S. The van der Waals surface area contributed by atoms with Gasteiger partial charge in [-0.2, -0.15) is 0 Å². The highest BCUT2D eigenvalue weighted by molar-refractivity contribution is 8.13. The van der Waals surface area contributed by atoms with Crippen molar-refractivity contribution in [1.82, 2.24) is 5.32 Å². The first kappa shape index (κ1) is 10.9. The molecule has 0 radical (unpaired) electrons. The molecule has 0 spiro atoms. The fourth-order valence-corrected chi connectivity index (χ4v) is 2.23. The van der Waals surface area contributed by atoms with Gasteiger partial charge in [0.1, 0.15) is 0 Å². The summed E-state index contributed by atoms with van der Waals surface area (Å²) in [5.74, 6) is 1.93. The van der Waals surface area contributed by atoms with Crippen LogP contribution in [0.15, 0.2) is 4.99 Å². The van der Waals surface area contributed by atoms with Gasteiger partial charge in [0.05, 0.1) is 0 Å². The SMILES string of the molecule is CCC(C)CN=C1NC(C)CCS1. The number of hydrogen-bond donors (Lipinski definition) is 1. The Morgan fingerprint density at radius 3 is 3.08 bits per heavy atom. The van der Waals surface area contributed by atoms with E-state index < -0.39 is 0 Å². The van der Waals surface area contributed by atoms with Gasteiger partial charge in [-0.15, -0.1) is 0 Å². The van der Waals surface area contributed by atoms with Gasteiger partial charge in [0, 0.05) is 18.3 Å². The first-order valence-electron chi connectivity index (χ1n) is 5.16. The Labute approximate surface area is 85.6 Å². The van der Waals surface area contributed by atoms with Crippen molar-refractivity contribution >= 4 is 16.9 Å². The highest BCUT2D eigenvalue weighted by Crippen LogP contribution is 2.14. The lowest BCUT2D eigenvalue weighted by atomic mass is 10.1. The van der Waals surface area contributed by atoms with Crippen molar-refractivity contribution in [3.63, 3.8) is 0 Å². The summed E-state index contributed by atoms with van der Waals surface area (Å²) in [5, 5.41) is 4.56. The Hall–Kier alpha value is -0.180. The fourth-order valence-electron chi connectivity index (χ4n) is 1.12. The highest BCUT2D eigenvalue weighted by atomic mass is 32.2. The predicted octanol–water partition coefficient (Wildman–Crippen LogP) is 2.50. The van der Waals surface area contributed by atoms with Crippen molar-refractivity contribution in [2.75, 3.05) is 12.3 Å². The highest BCUT2D eigenvalue weighted by Gasteiger charge is 2.12. The molecular weight excluding hydrogens is 180 g/mol. The Balaban J connectivity index is 2.32. The van der Waals surface area contributed by atoms with Gasteiger partial charge in [-0.3, -0.25) is 4.99 Å². The Bertz CT molecular complexity index is 180. The number of nitrogens with zero attached hydrogens (tertiary/aromatic N) is 1. The van der Waals surface area contributed by atoms with Crippen LogP contribution in [0, 0.1) is 5.92 Å². The molecule has 1 heterocycles. The molecule has 0 aromatic carbocycles. The molecule has 0 aliphatic carbocycles. The molecule has 0 aromatic rings. The van der Waals surface area contributed by atoms with Crippen LogP contribution in [-0.2, 0) is 0 Å². The van der Waals surface area contributed by atoms with E-state index in [9.17, 15) is 0 Å². The summed E-state index contributed by atoms with van der Waals surface area (Å²) in [4.78, 5) is 4.57. The van der Waals surface area contributed by atoms with Crippen LogP contribution in [0.4, 0.5) is 0 Å². The lowest BCUT2D eigenvalue weighted by Gasteiger charge is -2.22. The predicted molar refractivity (Wildman–Crippen MR) is 61.4 cm³/mol. The minimum atomic E-state index is 0.608. The first-order chi connectivity index (χ1) is 6.22. The van der Waals surface area contributed by atoms with Gasteiger partial charge in [-0.05, 0) is 19.3 Å². The lowest BCUT2D eigenvalue weighted by Crippen LogP contribution is -2.35. The second-order valence-corrected chi connectivity index (χ2v) is 4.93. The largest absolute Gasteiger partial charge is 0.362 e. The second kappa shape index (κ2) is 5.53. The number of hydrogen-bond acceptors (Lipinski definition) is 2. The van der Waals surface area contributed by atoms with Crippen molar-refractivity contribution < 1.29 is 0 Å². The third-order valence-electron chi connectivity index (χ3n) is 2.40. The van der Waals surface area contributed by atoms with Crippen LogP contribution in [0.25, 0.3) is 0 Å². The van der Waals surface area contributed by atoms with Crippen LogP contribution in [0.1, 0.15) is 33.6 Å². The van der Waals surface area contributed by atoms with Crippen molar-refractivity contribution in [2.24, 2.45) is 10.9 Å². The van der Waals surface area contributed by atoms with E-state index in [0.717, 1.165) is 11.7 Å². The minimum Gasteiger partial charge on any atom is -0.362 e. The number of amidine groups is 1. The summed E-state index contributed by atoms with van der Waals surface area (Å²) in [6.45, 7) is 7.66. The minimum absolute atomic E-state index is 0.608. The van der Waals surface area contributed by atoms with Crippen LogP contribution in [0.2, 0.25) is 0 Å². The summed E-state index contributed by atoms with van der Waals surface area (Å²) in [5.41, 5.74) is 0. The van der Waals surface area contributed by atoms with Crippen LogP contribution in [0.5, 0.6) is 0 Å². The van der Waals surface area contributed by atoms with Crippen molar-refractivity contribution in [2.45, 2.75) is 39.7 Å². The summed E-state index contributed by atoms with van der Waals surface area (Å²) < 4.78 is 0. The molecule has 13 heavy (non-hydrogen) atoms. The Morgan fingerprint density at radius 1 is 1.69 bits per heavy atom. The summed E-state index contributed by atoms with van der Waals surface area (Å²) in [7, 11) is 0. The topological polar surface area (TPSA) is 24.4 Å². The molecule has 3 heteroatoms. The molecule has 2 unspecified atom stereocenters. The molecule has 1 saturated heterocycles. The third-order valence-corrected chi connectivity index (χ3v) is 3.36. The maximum absolute atomic E-state index is 4.57. The maximum Gasteiger partial charge on any atom is 0.156 e. The zero-order valence-electron chi connectivity index (χ0n) is 8.84. The van der Waals surface area contributed by atoms with Gasteiger partial charge < -0.3 is 5.32 Å². The molecule has 1 aliphatic rings. The molecule has 0 aromatic heterocycles. The third kappa shape index (κ3) is 4.03. The number of thioether (sulfide) groups is 1. The van der Waals surface area contributed by atoms with Crippen molar-refractivity contribution in [3.05, 3.63) is 0 Å². The molecule has 1 rings (SSSR count). The average Bonchev–Trinajstić information content (AvgIpc) is 2.14. The molecule has 1 N–H and O–H groups in total. The standard InChI is InChI=1S/C10H20N2S/c1-4-8(2)7-11-10-12-9(3)5-6-13-10/h8-9H,4-7H2,1-3H3,(H,11,12). The number of aliphatic imine (C=N–C) groups is 1. The molecule has 2 nitrogen and oxygen atoms in total. The molecule has 0 saturated carbocycles. The average molecular weight is 200 g/mol. The summed E-state index contributed by atoms with van der Waals surface area (Å²) in [6, 6.07) is 0.608. The zero-order valence-corrected chi connectivity index (χ0v) is 9.66. The summed E-state index contributed by atoms with van der Waals surface area (Å²) in [6.07, 6.45) is 2.48. The molecule has 76 valence electrons. The van der Waals surface area contributed by atoms with Gasteiger partial charge in [0.2, 0.25) is 0 Å². The molecule has 0 bridgehead atoms. The van der Waals surface area contributed by atoms with E-state index >= 15 is 0 Å². The Kier molecular flexibility index (Phi) is 4.64. The molecule has 1 fully saturated rings. The lowest BCUT2D eigenvalue weighted by molar-refractivity contribution is 0.572. The smallest absolute Gasteiger partial charge is 0.156 e. The van der Waals surface area contributed by atoms with Crippen LogP contribution < -0.4 is 5.32 Å². The summed E-state index contributed by atoms with van der Waals surface area (Å²) >= 11 is 1.86. The van der Waals surface area contributed by atoms with E-state index in [1.54, 1.807) is 0 Å². The van der Waals surface area contributed by atoms with E-state index in [1.165, 1.54) is 18.6 Å². The number of nitrogens with one attached hydrogen (secondary N) is 1. The van der Waals surface area contributed by atoms with Gasteiger partial charge in [0.15, 0.2) is 5.17 Å². The van der Waals surface area contributed by atoms with E-state index in [2.05, 4.69) is 31.1 Å². The normalized spacial score (nSPS) is 28.5. The molecule has 2 atom stereocenters. The van der Waals surface area contributed by atoms with E-state index in [4.69, 9.17) is 0 Å². The molecule has 0 amide bonds. The quantitative estimate of drug-likeness (QED) is 0.757. The van der Waals surface area contributed by atoms with Crippen LogP contribution >= 0.6 is 11.8 Å².